The van der Waals surface area contributed by atoms with E-state index in [0.717, 1.165) is 19.6 Å². The highest BCUT2D eigenvalue weighted by atomic mass is 15.2. The lowest BCUT2D eigenvalue weighted by Crippen LogP contribution is -2.41. The second-order valence-corrected chi connectivity index (χ2v) is 3.97. The zero-order valence-electron chi connectivity index (χ0n) is 9.88. The third kappa shape index (κ3) is 6.90. The fourth-order valence-electron chi connectivity index (χ4n) is 1.09. The van der Waals surface area contributed by atoms with Crippen LogP contribution in [0.4, 0.5) is 0 Å². The lowest BCUT2D eigenvalue weighted by Gasteiger charge is -2.26. The predicted molar refractivity (Wildman–Crippen MR) is 62.3 cm³/mol. The lowest BCUT2D eigenvalue weighted by atomic mass is 10.3. The van der Waals surface area contributed by atoms with Crippen molar-refractivity contribution >= 4 is 0 Å². The third-order valence-corrected chi connectivity index (χ3v) is 2.32. The maximum Gasteiger partial charge on any atom is 0.0574 e. The molecule has 3 heteroatoms. The maximum absolute atomic E-state index is 5.16. The van der Waals surface area contributed by atoms with Gasteiger partial charge in [-0.1, -0.05) is 5.92 Å². The number of likely N-dealkylation sites (N-methyl/N-ethyl adjacent to an activating group) is 2. The van der Waals surface area contributed by atoms with Crippen LogP contribution in [-0.4, -0.2) is 63.2 Å². The van der Waals surface area contributed by atoms with Gasteiger partial charge in [-0.15, -0.1) is 6.42 Å². The summed E-state index contributed by atoms with van der Waals surface area (Å²) in [4.78, 5) is 4.53. The van der Waals surface area contributed by atoms with Gasteiger partial charge in [0.25, 0.3) is 0 Å². The molecule has 82 valence electrons. The van der Waals surface area contributed by atoms with E-state index < -0.39 is 0 Å². The highest BCUT2D eigenvalue weighted by Crippen LogP contribution is 1.93. The molecule has 0 amide bonds. The average Bonchev–Trinajstić information content (AvgIpc) is 2.14. The first-order chi connectivity index (χ1) is 6.57. The van der Waals surface area contributed by atoms with Crippen LogP contribution < -0.4 is 5.32 Å². The van der Waals surface area contributed by atoms with Crippen LogP contribution in [0.15, 0.2) is 0 Å². The largest absolute Gasteiger partial charge is 0.308 e. The number of hydrogen-bond donors (Lipinski definition) is 1. The molecule has 0 spiro atoms. The van der Waals surface area contributed by atoms with Crippen molar-refractivity contribution in [1.29, 1.82) is 0 Å². The van der Waals surface area contributed by atoms with Crippen LogP contribution in [0.3, 0.4) is 0 Å². The molecular weight excluding hydrogens is 174 g/mol. The number of rotatable bonds is 7. The molecule has 0 fully saturated rings. The Morgan fingerprint density at radius 3 is 2.43 bits per heavy atom. The summed E-state index contributed by atoms with van der Waals surface area (Å²) in [5, 5.41) is 3.21. The Morgan fingerprint density at radius 2 is 1.93 bits per heavy atom. The zero-order valence-corrected chi connectivity index (χ0v) is 9.88. The lowest BCUT2D eigenvalue weighted by molar-refractivity contribution is 0.226. The van der Waals surface area contributed by atoms with Gasteiger partial charge in [-0.3, -0.25) is 0 Å². The van der Waals surface area contributed by atoms with E-state index in [0.29, 0.717) is 12.6 Å². The minimum atomic E-state index is 0.531. The van der Waals surface area contributed by atoms with Gasteiger partial charge in [0.1, 0.15) is 0 Å². The first kappa shape index (κ1) is 13.4. The molecule has 1 N–H and O–H groups in total. The van der Waals surface area contributed by atoms with Crippen molar-refractivity contribution in [2.24, 2.45) is 0 Å². The maximum atomic E-state index is 5.16. The average molecular weight is 197 g/mol. The quantitative estimate of drug-likeness (QED) is 0.461. The van der Waals surface area contributed by atoms with Crippen molar-refractivity contribution < 1.29 is 0 Å². The van der Waals surface area contributed by atoms with Gasteiger partial charge in [-0.2, -0.15) is 0 Å². The molecule has 0 aromatic carbocycles. The highest BCUT2D eigenvalue weighted by Gasteiger charge is 2.07. The normalized spacial score (nSPS) is 13.2. The molecule has 0 aliphatic carbocycles. The number of terminal acetylenes is 1. The topological polar surface area (TPSA) is 18.5 Å². The summed E-state index contributed by atoms with van der Waals surface area (Å²) >= 11 is 0. The Bertz CT molecular complexity index is 172. The van der Waals surface area contributed by atoms with Gasteiger partial charge in [0, 0.05) is 25.7 Å². The van der Waals surface area contributed by atoms with Crippen molar-refractivity contribution in [3.05, 3.63) is 0 Å². The molecule has 3 nitrogen and oxygen atoms in total. The first-order valence-corrected chi connectivity index (χ1v) is 5.07. The van der Waals surface area contributed by atoms with E-state index in [4.69, 9.17) is 6.42 Å². The van der Waals surface area contributed by atoms with Gasteiger partial charge in [0.2, 0.25) is 0 Å². The summed E-state index contributed by atoms with van der Waals surface area (Å²) < 4.78 is 0. The Labute approximate surface area is 88.5 Å². The molecule has 0 saturated heterocycles. The first-order valence-electron chi connectivity index (χ1n) is 5.07. The van der Waals surface area contributed by atoms with Crippen molar-refractivity contribution in [3.63, 3.8) is 0 Å². The summed E-state index contributed by atoms with van der Waals surface area (Å²) in [6, 6.07) is 0.531. The van der Waals surface area contributed by atoms with Crippen molar-refractivity contribution in [3.8, 4) is 12.3 Å². The van der Waals surface area contributed by atoms with Gasteiger partial charge >= 0.3 is 0 Å². The van der Waals surface area contributed by atoms with Crippen molar-refractivity contribution in [2.75, 3.05) is 47.3 Å². The minimum Gasteiger partial charge on any atom is -0.308 e. The van der Waals surface area contributed by atoms with E-state index in [1.165, 1.54) is 0 Å². The Morgan fingerprint density at radius 1 is 1.29 bits per heavy atom. The SMILES string of the molecule is C#CCNCC(C)N(C)CCN(C)C. The minimum absolute atomic E-state index is 0.531. The van der Waals surface area contributed by atoms with E-state index in [1.807, 2.05) is 0 Å². The second-order valence-electron chi connectivity index (χ2n) is 3.97. The molecule has 0 saturated carbocycles. The molecule has 0 bridgehead atoms. The number of hydrogen-bond acceptors (Lipinski definition) is 3. The number of nitrogens with one attached hydrogen (secondary N) is 1. The summed E-state index contributed by atoms with van der Waals surface area (Å²) in [5.41, 5.74) is 0. The summed E-state index contributed by atoms with van der Waals surface area (Å²) in [6.45, 7) is 6.00. The van der Waals surface area contributed by atoms with Crippen LogP contribution in [0.25, 0.3) is 0 Å². The van der Waals surface area contributed by atoms with Gasteiger partial charge < -0.3 is 15.1 Å². The third-order valence-electron chi connectivity index (χ3n) is 2.32. The second kappa shape index (κ2) is 7.81. The molecule has 0 heterocycles. The van der Waals surface area contributed by atoms with Crippen LogP contribution in [0.2, 0.25) is 0 Å². The monoisotopic (exact) mass is 197 g/mol. The fourth-order valence-corrected chi connectivity index (χ4v) is 1.09. The molecule has 0 aliphatic rings. The number of nitrogens with zero attached hydrogens (tertiary/aromatic N) is 2. The van der Waals surface area contributed by atoms with Crippen molar-refractivity contribution in [1.82, 2.24) is 15.1 Å². The smallest absolute Gasteiger partial charge is 0.0574 e. The highest BCUT2D eigenvalue weighted by molar-refractivity contribution is 4.87. The van der Waals surface area contributed by atoms with Gasteiger partial charge in [0.05, 0.1) is 6.54 Å². The Hall–Kier alpha value is -0.560. The zero-order chi connectivity index (χ0) is 11.0. The van der Waals surface area contributed by atoms with E-state index in [1.54, 1.807) is 0 Å². The van der Waals surface area contributed by atoms with Crippen LogP contribution >= 0.6 is 0 Å². The Balaban J connectivity index is 3.55. The molecule has 0 rings (SSSR count). The molecule has 14 heavy (non-hydrogen) atoms. The van der Waals surface area contributed by atoms with E-state index >= 15 is 0 Å². The van der Waals surface area contributed by atoms with E-state index in [2.05, 4.69) is 49.1 Å². The standard InChI is InChI=1S/C11H23N3/c1-6-7-12-10-11(2)14(5)9-8-13(3)4/h1,11-12H,7-10H2,2-5H3. The van der Waals surface area contributed by atoms with Crippen LogP contribution in [0.1, 0.15) is 6.92 Å². The van der Waals surface area contributed by atoms with Gasteiger partial charge in [0.15, 0.2) is 0 Å². The molecule has 0 radical (unpaired) electrons. The summed E-state index contributed by atoms with van der Waals surface area (Å²) in [5.74, 6) is 2.57. The Kier molecular flexibility index (Phi) is 7.50. The van der Waals surface area contributed by atoms with E-state index in [-0.39, 0.29) is 0 Å². The summed E-state index contributed by atoms with van der Waals surface area (Å²) in [7, 11) is 6.33. The molecule has 0 aromatic rings. The molecule has 0 aliphatic heterocycles. The van der Waals surface area contributed by atoms with E-state index in [9.17, 15) is 0 Å². The molecular formula is C11H23N3. The molecule has 1 unspecified atom stereocenters. The van der Waals surface area contributed by atoms with Crippen LogP contribution in [0.5, 0.6) is 0 Å². The van der Waals surface area contributed by atoms with Gasteiger partial charge in [-0.25, -0.2) is 0 Å². The van der Waals surface area contributed by atoms with Crippen LogP contribution in [0, 0.1) is 12.3 Å². The predicted octanol–water partition coefficient (Wildman–Crippen LogP) is 0.0911. The van der Waals surface area contributed by atoms with Crippen molar-refractivity contribution in [2.45, 2.75) is 13.0 Å². The fraction of sp³-hybridized carbons (Fsp3) is 0.818. The van der Waals surface area contributed by atoms with Crippen LogP contribution in [-0.2, 0) is 0 Å². The molecule has 1 atom stereocenters. The summed E-state index contributed by atoms with van der Waals surface area (Å²) in [6.07, 6.45) is 5.16. The van der Waals surface area contributed by atoms with Gasteiger partial charge in [-0.05, 0) is 28.1 Å². The molecule has 0 aromatic heterocycles.